The van der Waals surface area contributed by atoms with Crippen LogP contribution in [0.3, 0.4) is 0 Å². The number of benzene rings is 1. The minimum atomic E-state index is -1.14. The molecule has 0 saturated heterocycles. The molecule has 8 nitrogen and oxygen atoms in total. The molecule has 0 bridgehead atoms. The summed E-state index contributed by atoms with van der Waals surface area (Å²) in [5.41, 5.74) is 2.71. The number of aryl methyl sites for hydroxylation is 1. The number of nitrogens with one attached hydrogen (secondary N) is 1. The van der Waals surface area contributed by atoms with Crippen LogP contribution in [0.5, 0.6) is 5.75 Å². The fourth-order valence-corrected chi connectivity index (χ4v) is 5.08. The highest BCUT2D eigenvalue weighted by molar-refractivity contribution is 6.20. The van der Waals surface area contributed by atoms with Gasteiger partial charge in [-0.1, -0.05) is 19.9 Å². The van der Waals surface area contributed by atoms with Gasteiger partial charge in [0.15, 0.2) is 0 Å². The van der Waals surface area contributed by atoms with E-state index in [4.69, 9.17) is 4.74 Å². The fraction of sp³-hybridized carbons (Fsp3) is 0.438. The molecule has 0 saturated carbocycles. The monoisotopic (exact) mass is 651 g/mol. The minimum absolute atomic E-state index is 0. The van der Waals surface area contributed by atoms with E-state index >= 15 is 0 Å². The minimum Gasteiger partial charge on any atom is -0.493 e. The number of hydrogen-bond acceptors (Lipinski definition) is 6. The van der Waals surface area contributed by atoms with Crippen LogP contribution in [0.1, 0.15) is 57.7 Å². The lowest BCUT2D eigenvalue weighted by Crippen LogP contribution is -2.48. The Hall–Kier alpha value is -2.91. The summed E-state index contributed by atoms with van der Waals surface area (Å²) in [4.78, 5) is 38.3. The first kappa shape index (κ1) is 38.1. The molecule has 3 heterocycles. The molecule has 4 rings (SSSR count). The Kier molecular flexibility index (Phi) is 15.4. The molecule has 43 heavy (non-hydrogen) atoms. The van der Waals surface area contributed by atoms with E-state index in [1.807, 2.05) is 42.9 Å². The van der Waals surface area contributed by atoms with Gasteiger partial charge in [-0.3, -0.25) is 19.6 Å². The molecule has 1 unspecified atom stereocenters. The van der Waals surface area contributed by atoms with E-state index in [1.165, 1.54) is 11.1 Å². The van der Waals surface area contributed by atoms with Crippen LogP contribution in [0.2, 0.25) is 0 Å². The first-order valence-electron chi connectivity index (χ1n) is 14.1. The molecule has 0 fully saturated rings. The Morgan fingerprint density at radius 2 is 1.65 bits per heavy atom. The number of carbonyl (C=O) groups excluding carboxylic acids is 2. The van der Waals surface area contributed by atoms with E-state index in [0.717, 1.165) is 31.5 Å². The van der Waals surface area contributed by atoms with Gasteiger partial charge in [0.1, 0.15) is 11.2 Å². The van der Waals surface area contributed by atoms with Crippen LogP contribution in [0, 0.1) is 11.3 Å². The Bertz CT molecular complexity index is 1300. The Morgan fingerprint density at radius 1 is 0.930 bits per heavy atom. The lowest BCUT2D eigenvalue weighted by Gasteiger charge is -2.29. The van der Waals surface area contributed by atoms with Crippen molar-refractivity contribution in [2.24, 2.45) is 11.3 Å². The van der Waals surface area contributed by atoms with E-state index in [1.54, 1.807) is 36.9 Å². The third-order valence-corrected chi connectivity index (χ3v) is 7.30. The summed E-state index contributed by atoms with van der Waals surface area (Å²) in [6.45, 7) is 9.40. The van der Waals surface area contributed by atoms with Crippen molar-refractivity contribution in [3.8, 4) is 5.75 Å². The van der Waals surface area contributed by atoms with Crippen molar-refractivity contribution in [2.75, 3.05) is 36.5 Å². The summed E-state index contributed by atoms with van der Waals surface area (Å²) in [6, 6.07) is 14.0. The van der Waals surface area contributed by atoms with Crippen LogP contribution < -0.4 is 19.9 Å². The highest BCUT2D eigenvalue weighted by atomic mass is 35.5. The Labute approximate surface area is 274 Å². The molecule has 2 amide bonds. The molecule has 0 radical (unpaired) electrons. The average Bonchev–Trinajstić information content (AvgIpc) is 3.01. The molecular formula is C32H44Cl3N5O3. The third-order valence-electron chi connectivity index (χ3n) is 7.30. The number of amides is 2. The smallest absolute Gasteiger partial charge is 0.242 e. The van der Waals surface area contributed by atoms with E-state index in [2.05, 4.69) is 47.3 Å². The predicted molar refractivity (Wildman–Crippen MR) is 180 cm³/mol. The quantitative estimate of drug-likeness (QED) is 0.178. The van der Waals surface area contributed by atoms with Gasteiger partial charge < -0.3 is 19.9 Å². The van der Waals surface area contributed by atoms with E-state index in [0.29, 0.717) is 24.6 Å². The zero-order valence-electron chi connectivity index (χ0n) is 25.5. The zero-order chi connectivity index (χ0) is 28.7. The summed E-state index contributed by atoms with van der Waals surface area (Å²) in [7, 11) is 1.73. The molecule has 1 aromatic carbocycles. The van der Waals surface area contributed by atoms with Crippen molar-refractivity contribution < 1.29 is 14.3 Å². The molecule has 0 spiro atoms. The largest absolute Gasteiger partial charge is 0.493 e. The normalized spacial score (nSPS) is 14.6. The fourth-order valence-electron chi connectivity index (χ4n) is 5.08. The van der Waals surface area contributed by atoms with Gasteiger partial charge in [0, 0.05) is 50.5 Å². The second-order valence-corrected chi connectivity index (χ2v) is 11.3. The van der Waals surface area contributed by atoms with Gasteiger partial charge in [-0.05, 0) is 87.0 Å². The van der Waals surface area contributed by atoms with Crippen LogP contribution in [-0.4, -0.2) is 48.5 Å². The molecule has 11 heteroatoms. The molecule has 1 N–H and O–H groups in total. The Morgan fingerprint density at radius 3 is 2.30 bits per heavy atom. The van der Waals surface area contributed by atoms with Gasteiger partial charge >= 0.3 is 0 Å². The third kappa shape index (κ3) is 9.54. The van der Waals surface area contributed by atoms with Gasteiger partial charge in [0.2, 0.25) is 11.8 Å². The number of nitrogens with zero attached hydrogens (tertiary/aromatic N) is 4. The molecule has 236 valence electrons. The number of hydrogen-bond donors (Lipinski definition) is 1. The maximum absolute atomic E-state index is 13.4. The first-order chi connectivity index (χ1) is 19.2. The summed E-state index contributed by atoms with van der Waals surface area (Å²) < 4.78 is 6.11. The molecule has 0 aliphatic carbocycles. The molecule has 3 aromatic rings. The molecule has 2 aromatic heterocycles. The summed E-state index contributed by atoms with van der Waals surface area (Å²) >= 11 is 0. The molecular weight excluding hydrogens is 609 g/mol. The number of fused-ring (bicyclic) bond motifs is 1. The molecule has 1 aliphatic heterocycles. The SMILES string of the molecule is CC(C)CN1C(=O)C(C)(C)C(=O)N(C)c2cc(OCCCNC(CCc3cccnc3)c3ccncc3)ccc21.Cl.Cl.Cl. The van der Waals surface area contributed by atoms with Crippen molar-refractivity contribution in [2.45, 2.75) is 53.0 Å². The van der Waals surface area contributed by atoms with Crippen LogP contribution in [0.4, 0.5) is 11.4 Å². The number of carbonyl (C=O) groups is 2. The maximum Gasteiger partial charge on any atom is 0.242 e. The van der Waals surface area contributed by atoms with Crippen molar-refractivity contribution in [1.82, 2.24) is 15.3 Å². The first-order valence-corrected chi connectivity index (χ1v) is 14.1. The highest BCUT2D eigenvalue weighted by Gasteiger charge is 2.45. The van der Waals surface area contributed by atoms with E-state index in [9.17, 15) is 9.59 Å². The highest BCUT2D eigenvalue weighted by Crippen LogP contribution is 2.40. The van der Waals surface area contributed by atoms with Crippen LogP contribution >= 0.6 is 37.2 Å². The van der Waals surface area contributed by atoms with Crippen molar-refractivity contribution in [3.05, 3.63) is 78.4 Å². The van der Waals surface area contributed by atoms with Crippen molar-refractivity contribution in [3.63, 3.8) is 0 Å². The number of aromatic nitrogens is 2. The summed E-state index contributed by atoms with van der Waals surface area (Å²) in [5.74, 6) is 0.538. The molecule has 1 aliphatic rings. The number of pyridine rings is 2. The van der Waals surface area contributed by atoms with Gasteiger partial charge in [-0.2, -0.15) is 0 Å². The summed E-state index contributed by atoms with van der Waals surface area (Å²) in [5, 5.41) is 3.68. The topological polar surface area (TPSA) is 87.7 Å². The number of ether oxygens (including phenoxy) is 1. The number of anilines is 2. The average molecular weight is 653 g/mol. The van der Waals surface area contributed by atoms with E-state index in [-0.39, 0.29) is 61.0 Å². The van der Waals surface area contributed by atoms with Crippen LogP contribution in [0.15, 0.2) is 67.3 Å². The maximum atomic E-state index is 13.4. The van der Waals surface area contributed by atoms with Crippen LogP contribution in [-0.2, 0) is 16.0 Å². The second kappa shape index (κ2) is 17.4. The lowest BCUT2D eigenvalue weighted by molar-refractivity contribution is -0.137. The Balaban J connectivity index is 0.00000308. The lowest BCUT2D eigenvalue weighted by atomic mass is 9.90. The van der Waals surface area contributed by atoms with Gasteiger partial charge in [-0.25, -0.2) is 0 Å². The zero-order valence-corrected chi connectivity index (χ0v) is 27.9. The number of rotatable bonds is 12. The van der Waals surface area contributed by atoms with Crippen molar-refractivity contribution >= 4 is 60.4 Å². The van der Waals surface area contributed by atoms with Gasteiger partial charge in [0.05, 0.1) is 18.0 Å². The molecule has 1 atom stereocenters. The summed E-state index contributed by atoms with van der Waals surface area (Å²) in [6.07, 6.45) is 10.1. The van der Waals surface area contributed by atoms with Gasteiger partial charge in [0.25, 0.3) is 0 Å². The predicted octanol–water partition coefficient (Wildman–Crippen LogP) is 6.47. The van der Waals surface area contributed by atoms with Gasteiger partial charge in [-0.15, -0.1) is 37.2 Å². The van der Waals surface area contributed by atoms with E-state index < -0.39 is 5.41 Å². The standard InChI is InChI=1S/C32H41N5O3.3ClH/c1-23(2)22-37-28-12-10-26(20-29(28)36(5)30(38)32(3,4)31(37)39)40-19-7-16-35-27(25-13-17-33-18-14-25)11-9-24-8-6-15-34-21-24;;;/h6,8,10,12-15,17-18,20-21,23,27,35H,7,9,11,16,19,22H2,1-5H3;3*1H. The second-order valence-electron chi connectivity index (χ2n) is 11.3. The number of halogens is 3. The van der Waals surface area contributed by atoms with Crippen LogP contribution in [0.25, 0.3) is 0 Å². The van der Waals surface area contributed by atoms with Crippen molar-refractivity contribution in [1.29, 1.82) is 0 Å².